The van der Waals surface area contributed by atoms with Gasteiger partial charge in [0.05, 0.1) is 35.3 Å². The van der Waals surface area contributed by atoms with Crippen molar-refractivity contribution in [1.29, 1.82) is 0 Å². The van der Waals surface area contributed by atoms with Gasteiger partial charge in [0.2, 0.25) is 0 Å². The van der Waals surface area contributed by atoms with Crippen LogP contribution in [0.25, 0.3) is 22.0 Å². The van der Waals surface area contributed by atoms with Crippen molar-refractivity contribution in [2.24, 2.45) is 0 Å². The van der Waals surface area contributed by atoms with Gasteiger partial charge in [0, 0.05) is 49.4 Å². The number of fused-ring (bicyclic) bond motifs is 1. The summed E-state index contributed by atoms with van der Waals surface area (Å²) in [6.07, 6.45) is 4.83. The lowest BCUT2D eigenvalue weighted by Gasteiger charge is -2.22. The monoisotopic (exact) mass is 420 g/mol. The minimum atomic E-state index is -0.672. The lowest BCUT2D eigenvalue weighted by atomic mass is 10.0. The molecule has 1 aromatic carbocycles. The van der Waals surface area contributed by atoms with E-state index in [9.17, 15) is 4.79 Å². The van der Waals surface area contributed by atoms with Crippen LogP contribution in [0.3, 0.4) is 0 Å². The van der Waals surface area contributed by atoms with Gasteiger partial charge in [-0.25, -0.2) is 0 Å². The molecule has 1 aliphatic carbocycles. The molecule has 146 valence electrons. The lowest BCUT2D eigenvalue weighted by molar-refractivity contribution is 0.0174. The van der Waals surface area contributed by atoms with Gasteiger partial charge in [-0.3, -0.25) is 14.3 Å². The standard InChI is InChI=1S/C20H18Cl2N2O4/c1-26-14-9-15(27-2)18(22)16(17(14)21)12-8-11-10-23-7-4-13(11)24(19(12)25)20(28-3)5-6-20/h4,7-10H,5-6H2,1-3H3. The first kappa shape index (κ1) is 19.1. The molecule has 0 spiro atoms. The van der Waals surface area contributed by atoms with Crippen molar-refractivity contribution in [3.8, 4) is 22.6 Å². The molecule has 6 nitrogen and oxygen atoms in total. The van der Waals surface area contributed by atoms with Crippen LogP contribution in [0.5, 0.6) is 11.5 Å². The molecule has 0 atom stereocenters. The first-order valence-electron chi connectivity index (χ1n) is 8.63. The van der Waals surface area contributed by atoms with Crippen molar-refractivity contribution < 1.29 is 14.2 Å². The molecular formula is C20H18Cl2N2O4. The molecule has 0 aliphatic heterocycles. The molecule has 1 fully saturated rings. The molecule has 2 aromatic heterocycles. The molecule has 8 heteroatoms. The van der Waals surface area contributed by atoms with E-state index in [1.807, 2.05) is 0 Å². The van der Waals surface area contributed by atoms with E-state index in [1.54, 1.807) is 42.3 Å². The van der Waals surface area contributed by atoms with Crippen LogP contribution in [0.4, 0.5) is 0 Å². The second-order valence-corrected chi connectivity index (χ2v) is 7.32. The van der Waals surface area contributed by atoms with Crippen LogP contribution in [-0.2, 0) is 10.5 Å². The highest BCUT2D eigenvalue weighted by molar-refractivity contribution is 6.41. The van der Waals surface area contributed by atoms with E-state index in [4.69, 9.17) is 37.4 Å². The van der Waals surface area contributed by atoms with Crippen LogP contribution in [0.15, 0.2) is 35.4 Å². The molecule has 0 N–H and O–H groups in total. The Balaban J connectivity index is 2.13. The van der Waals surface area contributed by atoms with E-state index < -0.39 is 5.72 Å². The van der Waals surface area contributed by atoms with E-state index in [1.165, 1.54) is 14.2 Å². The van der Waals surface area contributed by atoms with Crippen LogP contribution in [0.1, 0.15) is 12.8 Å². The summed E-state index contributed by atoms with van der Waals surface area (Å²) in [6.45, 7) is 0. The summed E-state index contributed by atoms with van der Waals surface area (Å²) in [5.74, 6) is 0.728. The average molecular weight is 421 g/mol. The number of nitrogens with zero attached hydrogens (tertiary/aromatic N) is 2. The van der Waals surface area contributed by atoms with Gasteiger partial charge in [-0.15, -0.1) is 0 Å². The van der Waals surface area contributed by atoms with Gasteiger partial charge < -0.3 is 14.2 Å². The number of methoxy groups -OCH3 is 3. The quantitative estimate of drug-likeness (QED) is 0.608. The molecule has 0 unspecified atom stereocenters. The predicted molar refractivity (Wildman–Crippen MR) is 109 cm³/mol. The first-order chi connectivity index (χ1) is 13.5. The van der Waals surface area contributed by atoms with Crippen molar-refractivity contribution in [3.63, 3.8) is 0 Å². The Labute approximate surface area is 171 Å². The highest BCUT2D eigenvalue weighted by Gasteiger charge is 2.47. The summed E-state index contributed by atoms with van der Waals surface area (Å²) in [7, 11) is 4.59. The second-order valence-electron chi connectivity index (χ2n) is 6.57. The van der Waals surface area contributed by atoms with E-state index >= 15 is 0 Å². The Morgan fingerprint density at radius 3 is 2.25 bits per heavy atom. The zero-order valence-corrected chi connectivity index (χ0v) is 17.1. The van der Waals surface area contributed by atoms with Crippen LogP contribution in [0.2, 0.25) is 10.0 Å². The zero-order chi connectivity index (χ0) is 20.1. The van der Waals surface area contributed by atoms with Gasteiger partial charge >= 0.3 is 0 Å². The third-order valence-electron chi connectivity index (χ3n) is 5.11. The van der Waals surface area contributed by atoms with Crippen molar-refractivity contribution >= 4 is 34.1 Å². The minimum absolute atomic E-state index is 0.238. The van der Waals surface area contributed by atoms with Crippen molar-refractivity contribution in [2.45, 2.75) is 18.6 Å². The van der Waals surface area contributed by atoms with Crippen LogP contribution in [-0.4, -0.2) is 30.9 Å². The maximum absolute atomic E-state index is 13.6. The normalized spacial score (nSPS) is 14.9. The van der Waals surface area contributed by atoms with Gasteiger partial charge in [-0.1, -0.05) is 23.2 Å². The predicted octanol–water partition coefficient (Wildman–Crippen LogP) is 4.48. The molecule has 0 saturated heterocycles. The van der Waals surface area contributed by atoms with E-state index in [0.717, 1.165) is 23.7 Å². The summed E-state index contributed by atoms with van der Waals surface area (Å²) in [5, 5.41) is 1.25. The van der Waals surface area contributed by atoms with Gasteiger partial charge in [-0.2, -0.15) is 0 Å². The fourth-order valence-corrected chi connectivity index (χ4v) is 4.20. The van der Waals surface area contributed by atoms with Crippen LogP contribution in [0, 0.1) is 0 Å². The Morgan fingerprint density at radius 1 is 1.07 bits per heavy atom. The van der Waals surface area contributed by atoms with Crippen molar-refractivity contribution in [1.82, 2.24) is 9.55 Å². The first-order valence-corrected chi connectivity index (χ1v) is 9.38. The average Bonchev–Trinajstić information content (AvgIpc) is 3.49. The fraction of sp³-hybridized carbons (Fsp3) is 0.300. The topological polar surface area (TPSA) is 62.6 Å². The number of pyridine rings is 2. The summed E-state index contributed by atoms with van der Waals surface area (Å²) < 4.78 is 18.0. The van der Waals surface area contributed by atoms with Gasteiger partial charge in [0.15, 0.2) is 0 Å². The van der Waals surface area contributed by atoms with E-state index in [-0.39, 0.29) is 15.6 Å². The molecule has 4 rings (SSSR count). The summed E-state index contributed by atoms with van der Waals surface area (Å²) >= 11 is 13.1. The maximum Gasteiger partial charge on any atom is 0.261 e. The summed E-state index contributed by atoms with van der Waals surface area (Å²) in [4.78, 5) is 17.8. The van der Waals surface area contributed by atoms with Gasteiger partial charge in [0.1, 0.15) is 17.2 Å². The molecule has 0 amide bonds. The minimum Gasteiger partial charge on any atom is -0.495 e. The number of halogens is 2. The molecule has 0 radical (unpaired) electrons. The molecule has 28 heavy (non-hydrogen) atoms. The van der Waals surface area contributed by atoms with Crippen LogP contribution >= 0.6 is 23.2 Å². The molecule has 0 bridgehead atoms. The maximum atomic E-state index is 13.6. The summed E-state index contributed by atoms with van der Waals surface area (Å²) in [5.41, 5.74) is 0.503. The highest BCUT2D eigenvalue weighted by Crippen LogP contribution is 2.48. The SMILES string of the molecule is COc1cc(OC)c(Cl)c(-c2cc3cnccc3n(C3(OC)CC3)c2=O)c1Cl. The third-order valence-corrected chi connectivity index (χ3v) is 5.86. The number of ether oxygens (including phenoxy) is 3. The van der Waals surface area contributed by atoms with Crippen LogP contribution < -0.4 is 15.0 Å². The Hall–Kier alpha value is -2.28. The van der Waals surface area contributed by atoms with Gasteiger partial charge in [-0.05, 0) is 12.1 Å². The molecule has 1 aliphatic rings. The van der Waals surface area contributed by atoms with Crippen molar-refractivity contribution in [3.05, 3.63) is 51.0 Å². The molecule has 3 aromatic rings. The van der Waals surface area contributed by atoms with E-state index in [2.05, 4.69) is 4.98 Å². The number of aromatic nitrogens is 2. The lowest BCUT2D eigenvalue weighted by Crippen LogP contribution is -2.33. The Kier molecular flexibility index (Phi) is 4.73. The van der Waals surface area contributed by atoms with Gasteiger partial charge in [0.25, 0.3) is 5.56 Å². The number of benzene rings is 1. The molecular weight excluding hydrogens is 403 g/mol. The van der Waals surface area contributed by atoms with E-state index in [0.29, 0.717) is 22.6 Å². The Bertz CT molecular complexity index is 1110. The molecule has 1 saturated carbocycles. The zero-order valence-electron chi connectivity index (χ0n) is 15.6. The summed E-state index contributed by atoms with van der Waals surface area (Å²) in [6, 6.07) is 5.13. The number of hydrogen-bond acceptors (Lipinski definition) is 5. The second kappa shape index (κ2) is 6.95. The fourth-order valence-electron chi connectivity index (χ4n) is 3.49. The smallest absolute Gasteiger partial charge is 0.261 e. The third kappa shape index (κ3) is 2.75. The van der Waals surface area contributed by atoms with Crippen molar-refractivity contribution in [2.75, 3.05) is 21.3 Å². The number of rotatable bonds is 5. The molecule has 2 heterocycles. The Morgan fingerprint density at radius 2 is 1.71 bits per heavy atom. The number of hydrogen-bond donors (Lipinski definition) is 0. The largest absolute Gasteiger partial charge is 0.495 e. The highest BCUT2D eigenvalue weighted by atomic mass is 35.5.